The maximum absolute atomic E-state index is 10.6. The van der Waals surface area contributed by atoms with E-state index >= 15 is 0 Å². The number of carboxylic acids is 1. The molecule has 0 spiro atoms. The van der Waals surface area contributed by atoms with Gasteiger partial charge in [-0.3, -0.25) is 14.8 Å². The Labute approximate surface area is 96.1 Å². The summed E-state index contributed by atoms with van der Waals surface area (Å²) in [5, 5.41) is 25.5. The molecule has 0 saturated heterocycles. The highest BCUT2D eigenvalue weighted by Gasteiger charge is 2.17. The lowest BCUT2D eigenvalue weighted by Crippen LogP contribution is -2.14. The van der Waals surface area contributed by atoms with E-state index in [4.69, 9.17) is 9.84 Å². The van der Waals surface area contributed by atoms with Crippen LogP contribution in [0, 0.1) is 10.1 Å². The second-order valence-electron chi connectivity index (χ2n) is 3.17. The van der Waals surface area contributed by atoms with Crippen molar-refractivity contribution in [1.82, 2.24) is 9.78 Å². The normalized spacial score (nSPS) is 10.2. The number of anilines is 1. The first kappa shape index (κ1) is 12.9. The minimum Gasteiger partial charge on any atom is -0.480 e. The summed E-state index contributed by atoms with van der Waals surface area (Å²) in [5.74, 6) is -0.926. The molecule has 0 aliphatic carbocycles. The number of nitrogens with zero attached hydrogens (tertiary/aromatic N) is 3. The number of ether oxygens (including phenoxy) is 1. The Morgan fingerprint density at radius 1 is 1.76 bits per heavy atom. The molecule has 1 heterocycles. The molecule has 0 aliphatic heterocycles. The van der Waals surface area contributed by atoms with Crippen molar-refractivity contribution in [2.24, 2.45) is 7.05 Å². The summed E-state index contributed by atoms with van der Waals surface area (Å²) in [6.45, 7) is -0.0306. The molecule has 94 valence electrons. The lowest BCUT2D eigenvalue weighted by atomic mass is 10.5. The molecule has 2 N–H and O–H groups in total. The molecule has 9 nitrogen and oxygen atoms in total. The van der Waals surface area contributed by atoms with Crippen LogP contribution < -0.4 is 5.32 Å². The zero-order valence-electron chi connectivity index (χ0n) is 9.12. The number of rotatable bonds is 7. The molecule has 17 heavy (non-hydrogen) atoms. The molecule has 0 bridgehead atoms. The lowest BCUT2D eigenvalue weighted by Gasteiger charge is -2.02. The van der Waals surface area contributed by atoms with Gasteiger partial charge in [0.25, 0.3) is 0 Å². The van der Waals surface area contributed by atoms with Gasteiger partial charge in [-0.2, -0.15) is 0 Å². The van der Waals surface area contributed by atoms with Gasteiger partial charge < -0.3 is 15.2 Å². The Hall–Kier alpha value is -2.16. The maximum Gasteiger partial charge on any atom is 0.330 e. The van der Waals surface area contributed by atoms with Crippen LogP contribution in [0.5, 0.6) is 0 Å². The summed E-state index contributed by atoms with van der Waals surface area (Å²) in [4.78, 5) is 20.2. The number of hydrogen-bond acceptors (Lipinski definition) is 6. The van der Waals surface area contributed by atoms with Gasteiger partial charge in [-0.25, -0.2) is 4.79 Å². The van der Waals surface area contributed by atoms with Crippen LogP contribution in [0.2, 0.25) is 0 Å². The molecule has 0 fully saturated rings. The summed E-state index contributed by atoms with van der Waals surface area (Å²) in [7, 11) is 1.57. The summed E-state index contributed by atoms with van der Waals surface area (Å²) >= 11 is 0. The van der Waals surface area contributed by atoms with Gasteiger partial charge in [0.15, 0.2) is 0 Å². The van der Waals surface area contributed by atoms with E-state index in [0.717, 1.165) is 0 Å². The van der Waals surface area contributed by atoms with Gasteiger partial charge in [0.05, 0.1) is 11.5 Å². The number of nitrogens with one attached hydrogen (secondary N) is 1. The molecule has 1 aromatic heterocycles. The monoisotopic (exact) mass is 244 g/mol. The third-order valence-corrected chi connectivity index (χ3v) is 1.77. The van der Waals surface area contributed by atoms with E-state index in [0.29, 0.717) is 0 Å². The van der Waals surface area contributed by atoms with Gasteiger partial charge in [-0.15, -0.1) is 5.10 Å². The van der Waals surface area contributed by atoms with Gasteiger partial charge in [-0.1, -0.05) is 0 Å². The Morgan fingerprint density at radius 2 is 2.47 bits per heavy atom. The molecular weight excluding hydrogens is 232 g/mol. The first-order valence-corrected chi connectivity index (χ1v) is 4.72. The van der Waals surface area contributed by atoms with Crippen LogP contribution >= 0.6 is 0 Å². The summed E-state index contributed by atoms with van der Waals surface area (Å²) in [6, 6.07) is 0. The Bertz CT molecular complexity index is 416. The van der Waals surface area contributed by atoms with Gasteiger partial charge >= 0.3 is 11.7 Å². The maximum atomic E-state index is 10.6. The fourth-order valence-corrected chi connectivity index (χ4v) is 1.14. The molecule has 0 unspecified atom stereocenters. The van der Waals surface area contributed by atoms with E-state index in [-0.39, 0.29) is 24.7 Å². The van der Waals surface area contributed by atoms with Gasteiger partial charge in [0.2, 0.25) is 5.82 Å². The van der Waals surface area contributed by atoms with Crippen molar-refractivity contribution < 1.29 is 19.6 Å². The predicted octanol–water partition coefficient (Wildman–Crippen LogP) is -0.159. The molecule has 1 aromatic rings. The van der Waals surface area contributed by atoms with Gasteiger partial charge in [-0.05, 0) is 0 Å². The molecule has 0 amide bonds. The number of nitro groups is 1. The summed E-state index contributed by atoms with van der Waals surface area (Å²) in [5.41, 5.74) is -0.134. The van der Waals surface area contributed by atoms with Crippen molar-refractivity contribution in [2.45, 2.75) is 0 Å². The smallest absolute Gasteiger partial charge is 0.330 e. The van der Waals surface area contributed by atoms with Crippen LogP contribution in [0.15, 0.2) is 6.20 Å². The molecule has 0 aliphatic rings. The number of carboxylic acid groups (broad SMARTS) is 1. The van der Waals surface area contributed by atoms with Gasteiger partial charge in [0.1, 0.15) is 12.8 Å². The number of aliphatic carboxylic acids is 1. The second-order valence-corrected chi connectivity index (χ2v) is 3.17. The Kier molecular flexibility index (Phi) is 4.40. The van der Waals surface area contributed by atoms with E-state index in [9.17, 15) is 14.9 Å². The van der Waals surface area contributed by atoms with Crippen LogP contribution in [-0.4, -0.2) is 45.5 Å². The highest BCUT2D eigenvalue weighted by atomic mass is 16.6. The van der Waals surface area contributed by atoms with Crippen molar-refractivity contribution in [3.8, 4) is 0 Å². The minimum atomic E-state index is -1.06. The molecule has 0 aromatic carbocycles. The van der Waals surface area contributed by atoms with E-state index in [1.807, 2.05) is 0 Å². The molecule has 1 rings (SSSR count). The molecule has 0 saturated carbocycles. The highest BCUT2D eigenvalue weighted by Crippen LogP contribution is 2.20. The Morgan fingerprint density at radius 3 is 3.06 bits per heavy atom. The largest absolute Gasteiger partial charge is 0.480 e. The third-order valence-electron chi connectivity index (χ3n) is 1.77. The molecule has 0 atom stereocenters. The molecule has 9 heteroatoms. The zero-order chi connectivity index (χ0) is 12.8. The van der Waals surface area contributed by atoms with Crippen LogP contribution in [0.25, 0.3) is 0 Å². The first-order chi connectivity index (χ1) is 8.00. The van der Waals surface area contributed by atoms with Crippen LogP contribution in [0.3, 0.4) is 0 Å². The van der Waals surface area contributed by atoms with Crippen LogP contribution in [-0.2, 0) is 16.6 Å². The first-order valence-electron chi connectivity index (χ1n) is 4.72. The standard InChI is InChI=1S/C8H12N4O5/c1-11-4-6(12(15)16)8(10-11)9-2-3-17-5-7(13)14/h4H,2-3,5H2,1H3,(H,9,10)(H,13,14). The molecule has 0 radical (unpaired) electrons. The topological polar surface area (TPSA) is 120 Å². The van der Waals surface area contributed by atoms with E-state index in [1.165, 1.54) is 10.9 Å². The second kappa shape index (κ2) is 5.80. The fourth-order valence-electron chi connectivity index (χ4n) is 1.14. The lowest BCUT2D eigenvalue weighted by molar-refractivity contribution is -0.384. The van der Waals surface area contributed by atoms with Crippen molar-refractivity contribution in [3.05, 3.63) is 16.3 Å². The van der Waals surface area contributed by atoms with Crippen LogP contribution in [0.1, 0.15) is 0 Å². The third kappa shape index (κ3) is 4.07. The fraction of sp³-hybridized carbons (Fsp3) is 0.500. The van der Waals surface area contributed by atoms with Crippen molar-refractivity contribution >= 4 is 17.5 Å². The van der Waals surface area contributed by atoms with Crippen molar-refractivity contribution in [3.63, 3.8) is 0 Å². The van der Waals surface area contributed by atoms with E-state index < -0.39 is 17.5 Å². The van der Waals surface area contributed by atoms with Crippen molar-refractivity contribution in [2.75, 3.05) is 25.1 Å². The number of aromatic nitrogens is 2. The molecular formula is C8H12N4O5. The number of hydrogen-bond donors (Lipinski definition) is 2. The number of carbonyl (C=O) groups is 1. The minimum absolute atomic E-state index is 0.125. The number of aryl methyl sites for hydroxylation is 1. The Balaban J connectivity index is 2.41. The van der Waals surface area contributed by atoms with Gasteiger partial charge in [0, 0.05) is 13.6 Å². The SMILES string of the molecule is Cn1cc([N+](=O)[O-])c(NCCOCC(=O)O)n1. The zero-order valence-corrected chi connectivity index (χ0v) is 9.12. The highest BCUT2D eigenvalue weighted by molar-refractivity contribution is 5.68. The van der Waals surface area contributed by atoms with Crippen molar-refractivity contribution in [1.29, 1.82) is 0 Å². The summed E-state index contributed by atoms with van der Waals surface area (Å²) in [6.07, 6.45) is 1.28. The average Bonchev–Trinajstić information content (AvgIpc) is 2.59. The van der Waals surface area contributed by atoms with E-state index in [1.54, 1.807) is 7.05 Å². The average molecular weight is 244 g/mol. The quantitative estimate of drug-likeness (QED) is 0.388. The van der Waals surface area contributed by atoms with Crippen LogP contribution in [0.4, 0.5) is 11.5 Å². The summed E-state index contributed by atoms with van der Waals surface area (Å²) < 4.78 is 6.08. The van der Waals surface area contributed by atoms with E-state index in [2.05, 4.69) is 10.4 Å². The predicted molar refractivity (Wildman–Crippen MR) is 56.8 cm³/mol.